The number of likely N-dealkylation sites (tertiary alicyclic amines) is 1. The van der Waals surface area contributed by atoms with Gasteiger partial charge in [0.15, 0.2) is 0 Å². The van der Waals surface area contributed by atoms with Crippen molar-refractivity contribution >= 4 is 22.7 Å². The summed E-state index contributed by atoms with van der Waals surface area (Å²) in [6.45, 7) is 7.82. The van der Waals surface area contributed by atoms with Gasteiger partial charge in [0.25, 0.3) is 5.56 Å². The summed E-state index contributed by atoms with van der Waals surface area (Å²) >= 11 is 0. The maximum atomic E-state index is 13.5. The highest BCUT2D eigenvalue weighted by Gasteiger charge is 2.16. The Bertz CT molecular complexity index is 1170. The van der Waals surface area contributed by atoms with E-state index in [-0.39, 0.29) is 17.5 Å². The average molecular weight is 451 g/mol. The number of hydrogen-bond donors (Lipinski definition) is 2. The lowest BCUT2D eigenvalue weighted by Crippen LogP contribution is -2.24. The molecule has 2 aromatic heterocycles. The van der Waals surface area contributed by atoms with Crippen molar-refractivity contribution in [2.24, 2.45) is 0 Å². The molecule has 0 spiro atoms. The van der Waals surface area contributed by atoms with Gasteiger partial charge >= 0.3 is 0 Å². The Hall–Kier alpha value is -3.13. The summed E-state index contributed by atoms with van der Waals surface area (Å²) in [4.78, 5) is 24.5. The molecule has 1 atom stereocenters. The summed E-state index contributed by atoms with van der Waals surface area (Å²) in [6.07, 6.45) is 6.29. The molecule has 33 heavy (non-hydrogen) atoms. The van der Waals surface area contributed by atoms with Crippen molar-refractivity contribution in [3.8, 4) is 5.75 Å². The van der Waals surface area contributed by atoms with Crippen LogP contribution in [0.25, 0.3) is 10.9 Å². The third-order valence-electron chi connectivity index (χ3n) is 6.24. The number of anilines is 2. The minimum absolute atomic E-state index is 0.151. The van der Waals surface area contributed by atoms with Crippen molar-refractivity contribution in [2.75, 3.05) is 31.2 Å². The van der Waals surface area contributed by atoms with Crippen LogP contribution in [-0.2, 0) is 13.1 Å². The van der Waals surface area contributed by atoms with Crippen LogP contribution in [0.4, 0.5) is 11.8 Å². The fourth-order valence-electron chi connectivity index (χ4n) is 4.57. The number of aromatic nitrogens is 3. The third kappa shape index (κ3) is 5.27. The van der Waals surface area contributed by atoms with Gasteiger partial charge in [0.1, 0.15) is 17.0 Å². The summed E-state index contributed by atoms with van der Waals surface area (Å²) in [6, 6.07) is 8.26. The molecule has 3 N–H and O–H groups in total. The van der Waals surface area contributed by atoms with E-state index in [4.69, 9.17) is 10.5 Å². The van der Waals surface area contributed by atoms with Gasteiger partial charge in [0.05, 0.1) is 19.2 Å². The lowest BCUT2D eigenvalue weighted by Gasteiger charge is -2.18. The van der Waals surface area contributed by atoms with Gasteiger partial charge in [-0.05, 0) is 57.0 Å². The Morgan fingerprint density at radius 3 is 2.70 bits per heavy atom. The molecule has 0 radical (unpaired) electrons. The second-order valence-corrected chi connectivity index (χ2v) is 8.90. The Morgan fingerprint density at radius 2 is 1.97 bits per heavy atom. The summed E-state index contributed by atoms with van der Waals surface area (Å²) < 4.78 is 7.36. The standard InChI is InChI=1S/C25H34N6O2/c1-4-7-17(2)27-23-22-20(28-25(26)29-23)10-13-31(24(22)32)16-19-9-8-18(14-21(19)33-3)15-30-11-5-6-12-30/h8-10,13-14,17H,4-7,11-12,15-16H2,1-3H3,(H3,26,27,28,29)/t17-/m1/s1. The number of nitrogens with two attached hydrogens (primary N) is 1. The van der Waals surface area contributed by atoms with Gasteiger partial charge in [-0.3, -0.25) is 9.69 Å². The van der Waals surface area contributed by atoms with E-state index in [1.54, 1.807) is 17.9 Å². The van der Waals surface area contributed by atoms with E-state index in [2.05, 4.69) is 52.2 Å². The fraction of sp³-hybridized carbons (Fsp3) is 0.480. The lowest BCUT2D eigenvalue weighted by atomic mass is 10.1. The van der Waals surface area contributed by atoms with Gasteiger partial charge in [-0.2, -0.15) is 4.98 Å². The highest BCUT2D eigenvalue weighted by atomic mass is 16.5. The molecule has 3 heterocycles. The second kappa shape index (κ2) is 10.2. The molecule has 8 nitrogen and oxygen atoms in total. The van der Waals surface area contributed by atoms with Crippen LogP contribution in [0.15, 0.2) is 35.3 Å². The number of hydrogen-bond acceptors (Lipinski definition) is 7. The zero-order valence-electron chi connectivity index (χ0n) is 19.8. The molecule has 1 aromatic carbocycles. The van der Waals surface area contributed by atoms with E-state index in [0.29, 0.717) is 23.3 Å². The fourth-order valence-corrected chi connectivity index (χ4v) is 4.57. The molecule has 176 valence electrons. The molecule has 1 aliphatic heterocycles. The van der Waals surface area contributed by atoms with E-state index >= 15 is 0 Å². The summed E-state index contributed by atoms with van der Waals surface area (Å²) in [5.74, 6) is 1.44. The number of pyridine rings is 1. The molecule has 0 saturated carbocycles. The van der Waals surface area contributed by atoms with Crippen LogP contribution < -0.4 is 21.3 Å². The number of ether oxygens (including phenoxy) is 1. The van der Waals surface area contributed by atoms with Gasteiger partial charge in [-0.1, -0.05) is 25.5 Å². The molecule has 4 rings (SSSR count). The number of nitrogens with zero attached hydrogens (tertiary/aromatic N) is 4. The van der Waals surface area contributed by atoms with Crippen LogP contribution in [0.1, 0.15) is 50.7 Å². The highest BCUT2D eigenvalue weighted by molar-refractivity contribution is 5.89. The van der Waals surface area contributed by atoms with Crippen molar-refractivity contribution in [1.29, 1.82) is 0 Å². The molecular weight excluding hydrogens is 416 g/mol. The SMILES string of the molecule is CCC[C@@H](C)Nc1nc(N)nc2ccn(Cc3ccc(CN4CCCC4)cc3OC)c(=O)c12. The van der Waals surface area contributed by atoms with Gasteiger partial charge in [-0.25, -0.2) is 4.98 Å². The van der Waals surface area contributed by atoms with E-state index in [1.165, 1.54) is 18.4 Å². The molecule has 0 amide bonds. The highest BCUT2D eigenvalue weighted by Crippen LogP contribution is 2.24. The first-order chi connectivity index (χ1) is 16.0. The van der Waals surface area contributed by atoms with E-state index in [0.717, 1.165) is 43.8 Å². The van der Waals surface area contributed by atoms with Crippen LogP contribution in [0.3, 0.4) is 0 Å². The van der Waals surface area contributed by atoms with Crippen molar-refractivity contribution in [1.82, 2.24) is 19.4 Å². The second-order valence-electron chi connectivity index (χ2n) is 8.90. The van der Waals surface area contributed by atoms with Crippen LogP contribution in [0.2, 0.25) is 0 Å². The number of rotatable bonds is 9. The van der Waals surface area contributed by atoms with Gasteiger partial charge < -0.3 is 20.4 Å². The molecule has 1 saturated heterocycles. The molecule has 1 aliphatic rings. The van der Waals surface area contributed by atoms with Gasteiger partial charge in [0.2, 0.25) is 5.95 Å². The van der Waals surface area contributed by atoms with Crippen LogP contribution in [-0.4, -0.2) is 45.7 Å². The zero-order chi connectivity index (χ0) is 23.4. The van der Waals surface area contributed by atoms with Crippen LogP contribution in [0.5, 0.6) is 5.75 Å². The Balaban J connectivity index is 1.65. The summed E-state index contributed by atoms with van der Waals surface area (Å²) in [5, 5.41) is 3.81. The Labute approximate surface area is 194 Å². The Morgan fingerprint density at radius 1 is 1.18 bits per heavy atom. The predicted octanol–water partition coefficient (Wildman–Crippen LogP) is 3.63. The molecule has 0 unspecified atom stereocenters. The first kappa shape index (κ1) is 23.0. The van der Waals surface area contributed by atoms with E-state index in [9.17, 15) is 4.79 Å². The Kier molecular flexibility index (Phi) is 7.13. The maximum absolute atomic E-state index is 13.5. The average Bonchev–Trinajstić information content (AvgIpc) is 3.29. The molecule has 1 fully saturated rings. The number of nitrogens with one attached hydrogen (secondary N) is 1. The number of methoxy groups -OCH3 is 1. The molecule has 0 aliphatic carbocycles. The maximum Gasteiger partial charge on any atom is 0.264 e. The smallest absolute Gasteiger partial charge is 0.264 e. The quantitative estimate of drug-likeness (QED) is 0.514. The summed E-state index contributed by atoms with van der Waals surface area (Å²) in [7, 11) is 1.68. The third-order valence-corrected chi connectivity index (χ3v) is 6.24. The predicted molar refractivity (Wildman–Crippen MR) is 133 cm³/mol. The van der Waals surface area contributed by atoms with E-state index in [1.807, 2.05) is 6.07 Å². The number of benzene rings is 1. The zero-order valence-corrected chi connectivity index (χ0v) is 19.8. The molecule has 3 aromatic rings. The summed E-state index contributed by atoms with van der Waals surface area (Å²) in [5.41, 5.74) is 8.48. The largest absolute Gasteiger partial charge is 0.496 e. The normalized spacial score (nSPS) is 15.1. The monoisotopic (exact) mass is 450 g/mol. The van der Waals surface area contributed by atoms with Gasteiger partial charge in [-0.15, -0.1) is 0 Å². The van der Waals surface area contributed by atoms with Crippen LogP contribution in [0, 0.1) is 0 Å². The van der Waals surface area contributed by atoms with Gasteiger partial charge in [0, 0.05) is 24.3 Å². The number of fused-ring (bicyclic) bond motifs is 1. The molecule has 0 bridgehead atoms. The molecule has 8 heteroatoms. The van der Waals surface area contributed by atoms with E-state index < -0.39 is 0 Å². The van der Waals surface area contributed by atoms with Crippen molar-refractivity contribution in [2.45, 2.75) is 58.7 Å². The van der Waals surface area contributed by atoms with Crippen molar-refractivity contribution in [3.63, 3.8) is 0 Å². The van der Waals surface area contributed by atoms with Crippen molar-refractivity contribution in [3.05, 3.63) is 51.9 Å². The van der Waals surface area contributed by atoms with Crippen molar-refractivity contribution < 1.29 is 4.74 Å². The minimum Gasteiger partial charge on any atom is -0.496 e. The first-order valence-electron chi connectivity index (χ1n) is 11.8. The molecular formula is C25H34N6O2. The lowest BCUT2D eigenvalue weighted by molar-refractivity contribution is 0.330. The van der Waals surface area contributed by atoms with Crippen LogP contribution >= 0.6 is 0 Å². The first-order valence-corrected chi connectivity index (χ1v) is 11.8. The number of nitrogen functional groups attached to an aromatic ring is 1. The topological polar surface area (TPSA) is 98.3 Å². The minimum atomic E-state index is -0.151.